The fourth-order valence-corrected chi connectivity index (χ4v) is 3.38. The van der Waals surface area contributed by atoms with Gasteiger partial charge in [0.2, 0.25) is 0 Å². The molecule has 0 aliphatic carbocycles. The summed E-state index contributed by atoms with van der Waals surface area (Å²) < 4.78 is 5.41. The molecule has 3 nitrogen and oxygen atoms in total. The first-order chi connectivity index (χ1) is 9.34. The summed E-state index contributed by atoms with van der Waals surface area (Å²) in [4.78, 5) is 0. The fourth-order valence-electron chi connectivity index (χ4n) is 3.38. The second-order valence-corrected chi connectivity index (χ2v) is 6.44. The van der Waals surface area contributed by atoms with Crippen LogP contribution in [0.4, 0.5) is 0 Å². The topological polar surface area (TPSA) is 33.3 Å². The number of rotatable bonds is 6. The van der Waals surface area contributed by atoms with Crippen LogP contribution in [0.3, 0.4) is 0 Å². The number of nitrogens with one attached hydrogen (secondary N) is 2. The molecule has 0 aromatic carbocycles. The maximum atomic E-state index is 5.41. The zero-order valence-corrected chi connectivity index (χ0v) is 12.6. The van der Waals surface area contributed by atoms with E-state index in [1.54, 1.807) is 0 Å². The summed E-state index contributed by atoms with van der Waals surface area (Å²) in [5, 5.41) is 7.41. The van der Waals surface area contributed by atoms with Gasteiger partial charge in [-0.3, -0.25) is 0 Å². The maximum absolute atomic E-state index is 5.41. The van der Waals surface area contributed by atoms with E-state index < -0.39 is 0 Å². The molecular formula is C16H32N2O. The summed E-state index contributed by atoms with van der Waals surface area (Å²) >= 11 is 0. The molecule has 3 heteroatoms. The van der Waals surface area contributed by atoms with Crippen LogP contribution in [-0.2, 0) is 4.74 Å². The predicted octanol–water partition coefficient (Wildman–Crippen LogP) is 2.70. The van der Waals surface area contributed by atoms with Gasteiger partial charge in [-0.25, -0.2) is 0 Å². The zero-order valence-electron chi connectivity index (χ0n) is 12.6. The monoisotopic (exact) mass is 268 g/mol. The molecule has 19 heavy (non-hydrogen) atoms. The smallest absolute Gasteiger partial charge is 0.0468 e. The van der Waals surface area contributed by atoms with Crippen molar-refractivity contribution >= 4 is 0 Å². The standard InChI is InChI=1S/C16H32N2O/c1-14(13-16-5-3-2-4-9-18-16)17-10-6-15-7-11-19-12-8-15/h14-18H,2-13H2,1H3. The predicted molar refractivity (Wildman–Crippen MR) is 80.5 cm³/mol. The molecule has 112 valence electrons. The van der Waals surface area contributed by atoms with Gasteiger partial charge in [0.25, 0.3) is 0 Å². The Morgan fingerprint density at radius 3 is 2.84 bits per heavy atom. The van der Waals surface area contributed by atoms with Crippen LogP contribution in [0.2, 0.25) is 0 Å². The van der Waals surface area contributed by atoms with Gasteiger partial charge in [-0.1, -0.05) is 12.8 Å². The molecule has 2 saturated heterocycles. The first-order valence-corrected chi connectivity index (χ1v) is 8.39. The zero-order chi connectivity index (χ0) is 13.3. The van der Waals surface area contributed by atoms with Crippen molar-refractivity contribution in [2.45, 2.75) is 70.4 Å². The van der Waals surface area contributed by atoms with Crippen LogP contribution in [0.5, 0.6) is 0 Å². The highest BCUT2D eigenvalue weighted by molar-refractivity contribution is 4.76. The van der Waals surface area contributed by atoms with E-state index in [0.29, 0.717) is 6.04 Å². The van der Waals surface area contributed by atoms with E-state index in [9.17, 15) is 0 Å². The highest BCUT2D eigenvalue weighted by Gasteiger charge is 2.16. The quantitative estimate of drug-likeness (QED) is 0.777. The lowest BCUT2D eigenvalue weighted by molar-refractivity contribution is 0.0637. The van der Waals surface area contributed by atoms with Gasteiger partial charge in [-0.05, 0) is 64.5 Å². The SMILES string of the molecule is CC(CC1CCCCCN1)NCCC1CCOCC1. The van der Waals surface area contributed by atoms with E-state index in [0.717, 1.165) is 25.2 Å². The van der Waals surface area contributed by atoms with Gasteiger partial charge in [0.1, 0.15) is 0 Å². The van der Waals surface area contributed by atoms with Gasteiger partial charge >= 0.3 is 0 Å². The van der Waals surface area contributed by atoms with Gasteiger partial charge in [0.15, 0.2) is 0 Å². The Morgan fingerprint density at radius 2 is 2.00 bits per heavy atom. The van der Waals surface area contributed by atoms with Crippen molar-refractivity contribution in [3.05, 3.63) is 0 Å². The Bertz CT molecular complexity index is 221. The third-order valence-corrected chi connectivity index (χ3v) is 4.69. The average Bonchev–Trinajstić information content (AvgIpc) is 2.68. The summed E-state index contributed by atoms with van der Waals surface area (Å²) in [6.45, 7) is 6.70. The molecule has 0 saturated carbocycles. The van der Waals surface area contributed by atoms with Gasteiger partial charge in [-0.2, -0.15) is 0 Å². The van der Waals surface area contributed by atoms with Crippen molar-refractivity contribution in [1.82, 2.24) is 10.6 Å². The van der Waals surface area contributed by atoms with Crippen LogP contribution in [0, 0.1) is 5.92 Å². The van der Waals surface area contributed by atoms with Crippen LogP contribution in [0.1, 0.15) is 58.3 Å². The molecule has 0 bridgehead atoms. The van der Waals surface area contributed by atoms with E-state index in [1.165, 1.54) is 64.5 Å². The second-order valence-electron chi connectivity index (χ2n) is 6.44. The first-order valence-electron chi connectivity index (χ1n) is 8.39. The molecule has 2 aliphatic heterocycles. The summed E-state index contributed by atoms with van der Waals surface area (Å²) in [6, 6.07) is 1.39. The van der Waals surface area contributed by atoms with Gasteiger partial charge in [0, 0.05) is 25.3 Å². The Morgan fingerprint density at radius 1 is 1.16 bits per heavy atom. The molecule has 2 fully saturated rings. The minimum absolute atomic E-state index is 0.649. The van der Waals surface area contributed by atoms with Crippen LogP contribution in [-0.4, -0.2) is 38.4 Å². The third-order valence-electron chi connectivity index (χ3n) is 4.69. The summed E-state index contributed by atoms with van der Waals surface area (Å²) in [5.41, 5.74) is 0. The fraction of sp³-hybridized carbons (Fsp3) is 1.00. The largest absolute Gasteiger partial charge is 0.381 e. The van der Waals surface area contributed by atoms with Crippen LogP contribution in [0.15, 0.2) is 0 Å². The first kappa shape index (κ1) is 15.3. The lowest BCUT2D eigenvalue weighted by Gasteiger charge is -2.24. The average molecular weight is 268 g/mol. The van der Waals surface area contributed by atoms with Crippen molar-refractivity contribution in [1.29, 1.82) is 0 Å². The minimum Gasteiger partial charge on any atom is -0.381 e. The second kappa shape index (κ2) is 8.93. The van der Waals surface area contributed by atoms with E-state index in [2.05, 4.69) is 17.6 Å². The Kier molecular flexibility index (Phi) is 7.18. The third kappa shape index (κ3) is 6.24. The van der Waals surface area contributed by atoms with Gasteiger partial charge in [0.05, 0.1) is 0 Å². The molecule has 0 aromatic rings. The molecule has 0 spiro atoms. The summed E-state index contributed by atoms with van der Waals surface area (Å²) in [5.74, 6) is 0.893. The van der Waals surface area contributed by atoms with Crippen molar-refractivity contribution in [2.24, 2.45) is 5.92 Å². The van der Waals surface area contributed by atoms with Gasteiger partial charge < -0.3 is 15.4 Å². The van der Waals surface area contributed by atoms with Crippen molar-refractivity contribution in [3.8, 4) is 0 Å². The van der Waals surface area contributed by atoms with Crippen LogP contribution < -0.4 is 10.6 Å². The molecule has 2 atom stereocenters. The normalized spacial score (nSPS) is 27.9. The number of ether oxygens (including phenoxy) is 1. The summed E-state index contributed by atoms with van der Waals surface area (Å²) in [6.07, 6.45) is 10.7. The highest BCUT2D eigenvalue weighted by atomic mass is 16.5. The van der Waals surface area contributed by atoms with Crippen molar-refractivity contribution in [3.63, 3.8) is 0 Å². The number of hydrogen-bond acceptors (Lipinski definition) is 3. The molecule has 0 amide bonds. The Balaban J connectivity index is 1.54. The Labute approximate surface area is 118 Å². The molecule has 2 N–H and O–H groups in total. The van der Waals surface area contributed by atoms with Crippen molar-refractivity contribution in [2.75, 3.05) is 26.3 Å². The Hall–Kier alpha value is -0.120. The van der Waals surface area contributed by atoms with Crippen LogP contribution in [0.25, 0.3) is 0 Å². The highest BCUT2D eigenvalue weighted by Crippen LogP contribution is 2.18. The lowest BCUT2D eigenvalue weighted by atomic mass is 9.96. The van der Waals surface area contributed by atoms with E-state index in [4.69, 9.17) is 4.74 Å². The molecule has 0 aromatic heterocycles. The molecule has 2 unspecified atom stereocenters. The van der Waals surface area contributed by atoms with E-state index in [1.807, 2.05) is 0 Å². The molecule has 2 rings (SSSR count). The number of hydrogen-bond donors (Lipinski definition) is 2. The van der Waals surface area contributed by atoms with Crippen molar-refractivity contribution < 1.29 is 4.74 Å². The van der Waals surface area contributed by atoms with E-state index >= 15 is 0 Å². The molecular weight excluding hydrogens is 236 g/mol. The minimum atomic E-state index is 0.649. The van der Waals surface area contributed by atoms with E-state index in [-0.39, 0.29) is 0 Å². The van der Waals surface area contributed by atoms with Gasteiger partial charge in [-0.15, -0.1) is 0 Å². The maximum Gasteiger partial charge on any atom is 0.0468 e. The molecule has 2 aliphatic rings. The van der Waals surface area contributed by atoms with Crippen LogP contribution >= 0.6 is 0 Å². The molecule has 0 radical (unpaired) electrons. The lowest BCUT2D eigenvalue weighted by Crippen LogP contribution is -2.37. The summed E-state index contributed by atoms with van der Waals surface area (Å²) in [7, 11) is 0. The molecule has 2 heterocycles.